The van der Waals surface area contributed by atoms with Crippen molar-refractivity contribution in [3.8, 4) is 0 Å². The van der Waals surface area contributed by atoms with E-state index in [-0.39, 0.29) is 0 Å². The zero-order chi connectivity index (χ0) is 8.81. The maximum atomic E-state index is 11.7. The largest absolute Gasteiger partial charge is 0.292 e. The molecule has 1 aromatic rings. The van der Waals surface area contributed by atoms with Gasteiger partial charge in [0.2, 0.25) is 0 Å². The van der Waals surface area contributed by atoms with Crippen molar-refractivity contribution >= 4 is 11.9 Å². The van der Waals surface area contributed by atoms with Crippen LogP contribution in [0, 0.1) is 0 Å². The first kappa shape index (κ1) is 8.65. The summed E-state index contributed by atoms with van der Waals surface area (Å²) < 4.78 is 11.7. The predicted octanol–water partition coefficient (Wildman–Crippen LogP) is 2.24. The summed E-state index contributed by atoms with van der Waals surface area (Å²) in [4.78, 5) is 10.5. The van der Waals surface area contributed by atoms with E-state index >= 15 is 0 Å². The van der Waals surface area contributed by atoms with Gasteiger partial charge in [-0.1, -0.05) is 36.4 Å². The highest BCUT2D eigenvalue weighted by molar-refractivity contribution is 5.94. The summed E-state index contributed by atoms with van der Waals surface area (Å²) in [5.74, 6) is -0.501. The first-order valence-corrected chi connectivity index (χ1v) is 3.65. The minimum atomic E-state index is -0.927. The van der Waals surface area contributed by atoms with E-state index in [1.807, 2.05) is 30.3 Å². The lowest BCUT2D eigenvalue weighted by Crippen LogP contribution is -1.92. The summed E-state index contributed by atoms with van der Waals surface area (Å²) in [5.41, 5.74) is 0.902. The van der Waals surface area contributed by atoms with E-state index in [1.54, 1.807) is 6.08 Å². The number of benzene rings is 1. The van der Waals surface area contributed by atoms with Crippen LogP contribution in [0.5, 0.6) is 0 Å². The second kappa shape index (κ2) is 4.44. The zero-order valence-electron chi connectivity index (χ0n) is 6.53. The maximum Gasteiger partial charge on any atom is 0.186 e. The molecule has 1 nitrogen and oxygen atoms in total. The standard InChI is InChI=1S/C10H9FO/c11-8-10(12)7-6-9-4-2-1-3-5-9/h1-7H,8H2/b7-6+. The van der Waals surface area contributed by atoms with Crippen LogP contribution in [0.2, 0.25) is 0 Å². The monoisotopic (exact) mass is 164 g/mol. The number of halogens is 1. The van der Waals surface area contributed by atoms with Gasteiger partial charge in [0.25, 0.3) is 0 Å². The third-order valence-corrected chi connectivity index (χ3v) is 1.39. The van der Waals surface area contributed by atoms with Gasteiger partial charge in [0, 0.05) is 0 Å². The van der Waals surface area contributed by atoms with Crippen LogP contribution in [0.15, 0.2) is 36.4 Å². The van der Waals surface area contributed by atoms with Gasteiger partial charge in [-0.3, -0.25) is 4.79 Å². The van der Waals surface area contributed by atoms with Crippen LogP contribution < -0.4 is 0 Å². The number of hydrogen-bond donors (Lipinski definition) is 0. The molecular weight excluding hydrogens is 155 g/mol. The summed E-state index contributed by atoms with van der Waals surface area (Å²) in [7, 11) is 0. The lowest BCUT2D eigenvalue weighted by Gasteiger charge is -1.89. The van der Waals surface area contributed by atoms with Crippen LogP contribution in [0.25, 0.3) is 6.08 Å². The molecule has 0 atom stereocenters. The van der Waals surface area contributed by atoms with E-state index < -0.39 is 12.5 Å². The Labute approximate surface area is 70.5 Å². The molecule has 0 saturated carbocycles. The first-order chi connectivity index (χ1) is 5.83. The molecule has 1 aromatic carbocycles. The number of allylic oxidation sites excluding steroid dienone is 1. The number of carbonyl (C=O) groups is 1. The highest BCUT2D eigenvalue weighted by Crippen LogP contribution is 2.00. The summed E-state index contributed by atoms with van der Waals surface area (Å²) in [6.07, 6.45) is 2.84. The van der Waals surface area contributed by atoms with E-state index in [0.29, 0.717) is 0 Å². The molecule has 1 rings (SSSR count). The highest BCUT2D eigenvalue weighted by Gasteiger charge is 1.91. The molecule has 0 saturated heterocycles. The molecule has 0 aliphatic heterocycles. The second-order valence-corrected chi connectivity index (χ2v) is 2.34. The molecule has 0 fully saturated rings. The minimum Gasteiger partial charge on any atom is -0.292 e. The number of ketones is 1. The topological polar surface area (TPSA) is 17.1 Å². The maximum absolute atomic E-state index is 11.7. The smallest absolute Gasteiger partial charge is 0.186 e. The Balaban J connectivity index is 2.64. The average molecular weight is 164 g/mol. The molecule has 2 heteroatoms. The van der Waals surface area contributed by atoms with E-state index in [2.05, 4.69) is 0 Å². The number of hydrogen-bond acceptors (Lipinski definition) is 1. The van der Waals surface area contributed by atoms with Crippen LogP contribution in [-0.2, 0) is 4.79 Å². The van der Waals surface area contributed by atoms with Crippen LogP contribution in [0.4, 0.5) is 4.39 Å². The Morgan fingerprint density at radius 2 is 2.00 bits per heavy atom. The lowest BCUT2D eigenvalue weighted by atomic mass is 10.2. The van der Waals surface area contributed by atoms with Crippen molar-refractivity contribution in [2.45, 2.75) is 0 Å². The van der Waals surface area contributed by atoms with Crippen molar-refractivity contribution < 1.29 is 9.18 Å². The van der Waals surface area contributed by atoms with Crippen molar-refractivity contribution in [3.63, 3.8) is 0 Å². The van der Waals surface area contributed by atoms with Gasteiger partial charge in [0.1, 0.15) is 0 Å². The number of carbonyl (C=O) groups excluding carboxylic acids is 1. The summed E-state index contributed by atoms with van der Waals surface area (Å²) in [6, 6.07) is 9.30. The molecule has 62 valence electrons. The van der Waals surface area contributed by atoms with E-state index in [4.69, 9.17) is 0 Å². The quantitative estimate of drug-likeness (QED) is 0.626. The molecule has 0 radical (unpaired) electrons. The Hall–Kier alpha value is -1.44. The summed E-state index contributed by atoms with van der Waals surface area (Å²) >= 11 is 0. The molecule has 0 spiro atoms. The Kier molecular flexibility index (Phi) is 3.20. The Morgan fingerprint density at radius 3 is 2.58 bits per heavy atom. The molecule has 0 N–H and O–H groups in total. The van der Waals surface area contributed by atoms with Gasteiger partial charge in [-0.15, -0.1) is 0 Å². The molecule has 0 unspecified atom stereocenters. The van der Waals surface area contributed by atoms with E-state index in [1.165, 1.54) is 6.08 Å². The summed E-state index contributed by atoms with van der Waals surface area (Å²) in [6.45, 7) is -0.927. The molecule has 0 heterocycles. The van der Waals surface area contributed by atoms with Gasteiger partial charge < -0.3 is 0 Å². The van der Waals surface area contributed by atoms with E-state index in [9.17, 15) is 9.18 Å². The second-order valence-electron chi connectivity index (χ2n) is 2.34. The third-order valence-electron chi connectivity index (χ3n) is 1.39. The lowest BCUT2D eigenvalue weighted by molar-refractivity contribution is -0.115. The fourth-order valence-corrected chi connectivity index (χ4v) is 0.798. The first-order valence-electron chi connectivity index (χ1n) is 3.65. The SMILES string of the molecule is O=C(/C=C/c1ccccc1)CF. The molecule has 0 aromatic heterocycles. The summed E-state index contributed by atoms with van der Waals surface area (Å²) in [5, 5.41) is 0. The molecule has 0 aliphatic carbocycles. The van der Waals surface area contributed by atoms with Crippen LogP contribution >= 0.6 is 0 Å². The number of alkyl halides is 1. The Morgan fingerprint density at radius 1 is 1.33 bits per heavy atom. The number of rotatable bonds is 3. The van der Waals surface area contributed by atoms with Crippen molar-refractivity contribution in [2.75, 3.05) is 6.67 Å². The fourth-order valence-electron chi connectivity index (χ4n) is 0.798. The minimum absolute atomic E-state index is 0.501. The van der Waals surface area contributed by atoms with Gasteiger partial charge in [-0.25, -0.2) is 4.39 Å². The van der Waals surface area contributed by atoms with E-state index in [0.717, 1.165) is 5.56 Å². The van der Waals surface area contributed by atoms with Crippen molar-refractivity contribution in [1.82, 2.24) is 0 Å². The average Bonchev–Trinajstić information content (AvgIpc) is 2.16. The predicted molar refractivity (Wildman–Crippen MR) is 46.5 cm³/mol. The van der Waals surface area contributed by atoms with Crippen molar-refractivity contribution in [1.29, 1.82) is 0 Å². The highest BCUT2D eigenvalue weighted by atomic mass is 19.1. The molecule has 0 bridgehead atoms. The van der Waals surface area contributed by atoms with Crippen LogP contribution in [0.3, 0.4) is 0 Å². The molecule has 0 amide bonds. The third kappa shape index (κ3) is 2.66. The van der Waals surface area contributed by atoms with Crippen molar-refractivity contribution in [3.05, 3.63) is 42.0 Å². The Bertz CT molecular complexity index is 277. The molecular formula is C10H9FO. The van der Waals surface area contributed by atoms with Gasteiger partial charge >= 0.3 is 0 Å². The van der Waals surface area contributed by atoms with Gasteiger partial charge in [-0.2, -0.15) is 0 Å². The van der Waals surface area contributed by atoms with Crippen molar-refractivity contribution in [2.24, 2.45) is 0 Å². The van der Waals surface area contributed by atoms with Gasteiger partial charge in [0.05, 0.1) is 0 Å². The fraction of sp³-hybridized carbons (Fsp3) is 0.100. The van der Waals surface area contributed by atoms with Gasteiger partial charge in [-0.05, 0) is 11.6 Å². The van der Waals surface area contributed by atoms with Gasteiger partial charge in [0.15, 0.2) is 12.5 Å². The van der Waals surface area contributed by atoms with Crippen LogP contribution in [0.1, 0.15) is 5.56 Å². The van der Waals surface area contributed by atoms with Crippen LogP contribution in [-0.4, -0.2) is 12.5 Å². The normalized spacial score (nSPS) is 10.4. The zero-order valence-corrected chi connectivity index (χ0v) is 6.53. The molecule has 12 heavy (non-hydrogen) atoms. The molecule has 0 aliphatic rings.